The summed E-state index contributed by atoms with van der Waals surface area (Å²) in [6.07, 6.45) is 0. The smallest absolute Gasteiger partial charge is 0.171 e. The molecule has 94 valence electrons. The Balaban J connectivity index is 3.30. The van der Waals surface area contributed by atoms with Crippen molar-refractivity contribution < 1.29 is 5.11 Å². The highest BCUT2D eigenvalue weighted by Crippen LogP contribution is 2.24. The minimum Gasteiger partial charge on any atom is -0.505 e. The molecule has 0 radical (unpaired) electrons. The van der Waals surface area contributed by atoms with Crippen molar-refractivity contribution in [3.63, 3.8) is 0 Å². The van der Waals surface area contributed by atoms with Crippen LogP contribution in [0.3, 0.4) is 0 Å². The van der Waals surface area contributed by atoms with Gasteiger partial charge in [0.2, 0.25) is 0 Å². The maximum absolute atomic E-state index is 9.70. The van der Waals surface area contributed by atoms with Crippen LogP contribution in [0.2, 0.25) is 0 Å². The van der Waals surface area contributed by atoms with Gasteiger partial charge in [0, 0.05) is 5.56 Å². The van der Waals surface area contributed by atoms with Crippen molar-refractivity contribution in [1.29, 1.82) is 21.0 Å². The van der Waals surface area contributed by atoms with Gasteiger partial charge in [0.1, 0.15) is 29.8 Å². The lowest BCUT2D eigenvalue weighted by Gasteiger charge is -2.03. The molecule has 0 unspecified atom stereocenters. The van der Waals surface area contributed by atoms with Crippen LogP contribution in [0.5, 0.6) is 0 Å². The summed E-state index contributed by atoms with van der Waals surface area (Å²) in [4.78, 5) is 0. The number of hydrogen-bond donors (Lipinski definition) is 1. The topological polar surface area (TPSA) is 115 Å². The molecule has 20 heavy (non-hydrogen) atoms. The van der Waals surface area contributed by atoms with Crippen molar-refractivity contribution in [2.24, 2.45) is 0 Å². The second-order valence-electron chi connectivity index (χ2n) is 3.44. The molecule has 0 saturated heterocycles. The maximum atomic E-state index is 9.70. The number of nitrogens with zero attached hydrogens (tertiary/aromatic N) is 4. The van der Waals surface area contributed by atoms with Gasteiger partial charge in [-0.15, -0.1) is 0 Å². The molecular formula is C14H5ClN4O. The molecule has 0 saturated carbocycles. The van der Waals surface area contributed by atoms with E-state index in [1.165, 1.54) is 24.3 Å². The van der Waals surface area contributed by atoms with Crippen LogP contribution < -0.4 is 0 Å². The van der Waals surface area contributed by atoms with E-state index in [1.54, 1.807) is 24.3 Å². The highest BCUT2D eigenvalue weighted by molar-refractivity contribution is 6.49. The van der Waals surface area contributed by atoms with Crippen LogP contribution >= 0.6 is 11.6 Å². The van der Waals surface area contributed by atoms with Gasteiger partial charge in [-0.25, -0.2) is 0 Å². The Hall–Kier alpha value is -3.25. The van der Waals surface area contributed by atoms with Gasteiger partial charge in [-0.3, -0.25) is 0 Å². The summed E-state index contributed by atoms with van der Waals surface area (Å²) >= 11 is 5.88. The van der Waals surface area contributed by atoms with E-state index in [0.717, 1.165) is 0 Å². The lowest BCUT2D eigenvalue weighted by molar-refractivity contribution is 0.510. The fraction of sp³-hybridized carbons (Fsp3) is 0. The SMILES string of the molecule is N#CC(C#N)=C(O)c1ccc(C(Cl)=C(C#N)C#N)cc1. The van der Waals surface area contributed by atoms with Crippen molar-refractivity contribution in [2.75, 3.05) is 0 Å². The predicted octanol–water partition coefficient (Wildman–Crippen LogP) is 3.00. The van der Waals surface area contributed by atoms with Gasteiger partial charge in [-0.2, -0.15) is 21.0 Å². The molecule has 0 bridgehead atoms. The summed E-state index contributed by atoms with van der Waals surface area (Å²) in [5, 5.41) is 44.4. The third-order valence-electron chi connectivity index (χ3n) is 2.32. The molecule has 0 aromatic heterocycles. The molecule has 0 amide bonds. The van der Waals surface area contributed by atoms with Crippen LogP contribution in [0.4, 0.5) is 0 Å². The van der Waals surface area contributed by atoms with E-state index in [2.05, 4.69) is 0 Å². The maximum Gasteiger partial charge on any atom is 0.171 e. The van der Waals surface area contributed by atoms with E-state index in [1.807, 2.05) is 0 Å². The van der Waals surface area contributed by atoms with Gasteiger partial charge in [0.15, 0.2) is 11.3 Å². The largest absolute Gasteiger partial charge is 0.505 e. The Kier molecular flexibility index (Phi) is 4.90. The summed E-state index contributed by atoms with van der Waals surface area (Å²) < 4.78 is 0. The summed E-state index contributed by atoms with van der Waals surface area (Å²) in [6, 6.07) is 12.3. The first kappa shape index (κ1) is 14.8. The predicted molar refractivity (Wildman–Crippen MR) is 71.2 cm³/mol. The molecule has 0 aliphatic rings. The van der Waals surface area contributed by atoms with Crippen LogP contribution in [0.25, 0.3) is 10.8 Å². The molecule has 0 aliphatic carbocycles. The molecule has 1 aromatic rings. The quantitative estimate of drug-likeness (QED) is 0.660. The summed E-state index contributed by atoms with van der Waals surface area (Å²) in [7, 11) is 0. The average molecular weight is 281 g/mol. The van der Waals surface area contributed by atoms with Gasteiger partial charge in [0.05, 0.1) is 5.03 Å². The van der Waals surface area contributed by atoms with Crippen LogP contribution in [-0.4, -0.2) is 5.11 Å². The highest BCUT2D eigenvalue weighted by atomic mass is 35.5. The number of halogens is 1. The second kappa shape index (κ2) is 6.62. The number of benzene rings is 1. The standard InChI is InChI=1S/C14H5ClN4O/c15-13(11(5-16)6-17)9-1-3-10(4-2-9)14(20)12(7-18)8-19/h1-4,20H. The van der Waals surface area contributed by atoms with E-state index < -0.39 is 11.3 Å². The number of aliphatic hydroxyl groups is 1. The van der Waals surface area contributed by atoms with Crippen LogP contribution in [0.1, 0.15) is 11.1 Å². The van der Waals surface area contributed by atoms with Crippen LogP contribution in [0, 0.1) is 45.3 Å². The zero-order valence-corrected chi connectivity index (χ0v) is 10.7. The van der Waals surface area contributed by atoms with E-state index in [9.17, 15) is 5.11 Å². The van der Waals surface area contributed by atoms with Crippen molar-refractivity contribution in [3.05, 3.63) is 46.5 Å². The van der Waals surface area contributed by atoms with Crippen molar-refractivity contribution in [3.8, 4) is 24.3 Å². The molecule has 0 aliphatic heterocycles. The Morgan fingerprint density at radius 2 is 1.20 bits per heavy atom. The van der Waals surface area contributed by atoms with Crippen molar-refractivity contribution >= 4 is 22.4 Å². The monoisotopic (exact) mass is 280 g/mol. The van der Waals surface area contributed by atoms with E-state index in [4.69, 9.17) is 32.6 Å². The molecule has 6 heteroatoms. The molecule has 0 spiro atoms. The molecule has 0 atom stereocenters. The molecule has 1 rings (SSSR count). The normalized spacial score (nSPS) is 8.25. The van der Waals surface area contributed by atoms with Gasteiger partial charge < -0.3 is 5.11 Å². The lowest BCUT2D eigenvalue weighted by Crippen LogP contribution is -1.89. The number of hydrogen-bond acceptors (Lipinski definition) is 5. The lowest BCUT2D eigenvalue weighted by atomic mass is 10.1. The zero-order chi connectivity index (χ0) is 15.1. The summed E-state index contributed by atoms with van der Waals surface area (Å²) in [5.41, 5.74) is 0.0339. The summed E-state index contributed by atoms with van der Waals surface area (Å²) in [5.74, 6) is -0.442. The third-order valence-corrected chi connectivity index (χ3v) is 2.72. The fourth-order valence-corrected chi connectivity index (χ4v) is 1.53. The Morgan fingerprint density at radius 1 is 0.800 bits per heavy atom. The molecule has 1 aromatic carbocycles. The average Bonchev–Trinajstić information content (AvgIpc) is 2.49. The van der Waals surface area contributed by atoms with Crippen molar-refractivity contribution in [1.82, 2.24) is 0 Å². The Morgan fingerprint density at radius 3 is 1.60 bits per heavy atom. The minimum absolute atomic E-state index is 0.00851. The number of allylic oxidation sites excluding steroid dienone is 2. The van der Waals surface area contributed by atoms with E-state index in [0.29, 0.717) is 5.56 Å². The Bertz CT molecular complexity index is 663. The zero-order valence-electron chi connectivity index (χ0n) is 9.92. The van der Waals surface area contributed by atoms with Gasteiger partial charge in [-0.05, 0) is 5.56 Å². The summed E-state index contributed by atoms with van der Waals surface area (Å²) in [6.45, 7) is 0. The molecular weight excluding hydrogens is 276 g/mol. The number of nitriles is 4. The second-order valence-corrected chi connectivity index (χ2v) is 3.82. The van der Waals surface area contributed by atoms with E-state index >= 15 is 0 Å². The number of aliphatic hydroxyl groups excluding tert-OH is 1. The molecule has 5 nitrogen and oxygen atoms in total. The minimum atomic E-state index is -0.442. The number of rotatable bonds is 2. The van der Waals surface area contributed by atoms with Crippen LogP contribution in [0.15, 0.2) is 35.4 Å². The van der Waals surface area contributed by atoms with Crippen molar-refractivity contribution in [2.45, 2.75) is 0 Å². The third kappa shape index (κ3) is 2.95. The Labute approximate surface area is 120 Å². The molecule has 1 N–H and O–H groups in total. The van der Waals surface area contributed by atoms with Crippen LogP contribution in [-0.2, 0) is 0 Å². The van der Waals surface area contributed by atoms with Gasteiger partial charge in [0.25, 0.3) is 0 Å². The first-order valence-corrected chi connectivity index (χ1v) is 5.51. The first-order valence-electron chi connectivity index (χ1n) is 5.13. The molecule has 0 fully saturated rings. The first-order chi connectivity index (χ1) is 9.58. The fourth-order valence-electron chi connectivity index (χ4n) is 1.32. The van der Waals surface area contributed by atoms with Gasteiger partial charge >= 0.3 is 0 Å². The molecule has 0 heterocycles. The van der Waals surface area contributed by atoms with E-state index in [-0.39, 0.29) is 16.2 Å². The van der Waals surface area contributed by atoms with Gasteiger partial charge in [-0.1, -0.05) is 35.9 Å². The highest BCUT2D eigenvalue weighted by Gasteiger charge is 2.10.